The Morgan fingerprint density at radius 2 is 1.83 bits per heavy atom. The third-order valence-electron chi connectivity index (χ3n) is 3.74. The summed E-state index contributed by atoms with van der Waals surface area (Å²) in [6.07, 6.45) is 2.98. The highest BCUT2D eigenvalue weighted by Gasteiger charge is 2.11. The molecule has 154 valence electrons. The van der Waals surface area contributed by atoms with Crippen molar-refractivity contribution in [2.24, 2.45) is 0 Å². The molecule has 2 aromatic rings. The van der Waals surface area contributed by atoms with Crippen LogP contribution in [0.3, 0.4) is 0 Å². The molecule has 2 aromatic carbocycles. The summed E-state index contributed by atoms with van der Waals surface area (Å²) in [5, 5.41) is 5.77. The summed E-state index contributed by atoms with van der Waals surface area (Å²) in [4.78, 5) is 23.6. The number of amides is 2. The average molecular weight is 419 g/mol. The van der Waals surface area contributed by atoms with Gasteiger partial charge in [-0.15, -0.1) is 0 Å². The summed E-state index contributed by atoms with van der Waals surface area (Å²) in [5.41, 5.74) is 1.65. The van der Waals surface area contributed by atoms with Gasteiger partial charge in [-0.1, -0.05) is 11.6 Å². The van der Waals surface area contributed by atoms with Gasteiger partial charge in [-0.2, -0.15) is 0 Å². The maximum atomic E-state index is 12.3. The predicted molar refractivity (Wildman–Crippen MR) is 114 cm³/mol. The van der Waals surface area contributed by atoms with Crippen molar-refractivity contribution in [2.75, 3.05) is 31.5 Å². The molecule has 0 fully saturated rings. The maximum Gasteiger partial charge on any atom is 0.248 e. The number of methoxy groups -OCH3 is 2. The molecule has 0 unspecified atom stereocenters. The summed E-state index contributed by atoms with van der Waals surface area (Å²) < 4.78 is 16.0. The largest absolute Gasteiger partial charge is 0.495 e. The number of carbonyl (C=O) groups excluding carboxylic acids is 2. The van der Waals surface area contributed by atoms with Crippen molar-refractivity contribution < 1.29 is 23.8 Å². The van der Waals surface area contributed by atoms with Gasteiger partial charge in [-0.05, 0) is 48.9 Å². The van der Waals surface area contributed by atoms with E-state index < -0.39 is 0 Å². The number of nitrogens with one attached hydrogen (secondary N) is 2. The average Bonchev–Trinajstić information content (AvgIpc) is 2.66. The molecule has 0 saturated carbocycles. The lowest BCUT2D eigenvalue weighted by Crippen LogP contribution is -2.10. The number of halogens is 1. The zero-order valence-corrected chi connectivity index (χ0v) is 17.4. The lowest BCUT2D eigenvalue weighted by Gasteiger charge is -2.12. The Labute approximate surface area is 174 Å². The van der Waals surface area contributed by atoms with E-state index in [1.807, 2.05) is 6.92 Å². The molecule has 0 aliphatic rings. The first-order valence-electron chi connectivity index (χ1n) is 8.83. The molecule has 0 spiro atoms. The Bertz CT molecular complexity index is 928. The van der Waals surface area contributed by atoms with E-state index in [4.69, 9.17) is 25.8 Å². The summed E-state index contributed by atoms with van der Waals surface area (Å²) in [7, 11) is 3.01. The SMILES string of the molecule is CCOc1cc(/C=C/C(=O)Nc2ccc(OC)c(NC(C)=O)c2)cc(Cl)c1OC. The Hall–Kier alpha value is -3.19. The van der Waals surface area contributed by atoms with Crippen molar-refractivity contribution in [1.29, 1.82) is 0 Å². The van der Waals surface area contributed by atoms with E-state index in [1.165, 1.54) is 27.2 Å². The molecule has 0 aromatic heterocycles. The van der Waals surface area contributed by atoms with Gasteiger partial charge in [0.1, 0.15) is 5.75 Å². The van der Waals surface area contributed by atoms with E-state index in [2.05, 4.69) is 10.6 Å². The molecular formula is C21H23ClN2O5. The van der Waals surface area contributed by atoms with Gasteiger partial charge in [0, 0.05) is 18.7 Å². The van der Waals surface area contributed by atoms with E-state index in [-0.39, 0.29) is 11.8 Å². The number of rotatable bonds is 8. The minimum atomic E-state index is -0.353. The molecule has 2 N–H and O–H groups in total. The third kappa shape index (κ3) is 6.15. The Kier molecular flexibility index (Phi) is 7.91. The van der Waals surface area contributed by atoms with Crippen molar-refractivity contribution in [3.05, 3.63) is 47.0 Å². The van der Waals surface area contributed by atoms with Crippen LogP contribution in [0, 0.1) is 0 Å². The van der Waals surface area contributed by atoms with Gasteiger partial charge in [0.2, 0.25) is 11.8 Å². The van der Waals surface area contributed by atoms with Crippen molar-refractivity contribution in [3.8, 4) is 17.2 Å². The number of carbonyl (C=O) groups is 2. The summed E-state index contributed by atoms with van der Waals surface area (Å²) in [6, 6.07) is 8.36. The predicted octanol–water partition coefficient (Wildman–Crippen LogP) is 4.37. The van der Waals surface area contributed by atoms with Gasteiger partial charge in [0.05, 0.1) is 31.5 Å². The van der Waals surface area contributed by atoms with E-state index in [1.54, 1.807) is 36.4 Å². The number of ether oxygens (including phenoxy) is 3. The van der Waals surface area contributed by atoms with Crippen LogP contribution in [0.2, 0.25) is 5.02 Å². The lowest BCUT2D eigenvalue weighted by atomic mass is 10.2. The van der Waals surface area contributed by atoms with Crippen LogP contribution in [0.5, 0.6) is 17.2 Å². The molecule has 8 heteroatoms. The summed E-state index contributed by atoms with van der Waals surface area (Å²) in [6.45, 7) is 3.70. The monoisotopic (exact) mass is 418 g/mol. The number of hydrogen-bond donors (Lipinski definition) is 2. The molecule has 0 heterocycles. The van der Waals surface area contributed by atoms with Gasteiger partial charge in [0.25, 0.3) is 0 Å². The fourth-order valence-corrected chi connectivity index (χ4v) is 2.87. The second kappa shape index (κ2) is 10.4. The molecule has 0 bridgehead atoms. The second-order valence-electron chi connectivity index (χ2n) is 5.89. The van der Waals surface area contributed by atoms with E-state index in [9.17, 15) is 9.59 Å². The first kappa shape index (κ1) is 22.1. The van der Waals surface area contributed by atoms with E-state index in [0.717, 1.165) is 0 Å². The molecule has 2 amide bonds. The van der Waals surface area contributed by atoms with Crippen LogP contribution in [-0.4, -0.2) is 32.6 Å². The van der Waals surface area contributed by atoms with Crippen molar-refractivity contribution in [3.63, 3.8) is 0 Å². The summed E-state index contributed by atoms with van der Waals surface area (Å²) >= 11 is 6.22. The molecular weight excluding hydrogens is 396 g/mol. The number of anilines is 2. The Morgan fingerprint density at radius 3 is 2.45 bits per heavy atom. The van der Waals surface area contributed by atoms with Crippen LogP contribution >= 0.6 is 11.6 Å². The first-order valence-corrected chi connectivity index (χ1v) is 9.20. The van der Waals surface area contributed by atoms with Crippen molar-refractivity contribution in [2.45, 2.75) is 13.8 Å². The zero-order chi connectivity index (χ0) is 21.4. The number of hydrogen-bond acceptors (Lipinski definition) is 5. The third-order valence-corrected chi connectivity index (χ3v) is 4.02. The minimum Gasteiger partial charge on any atom is -0.495 e. The molecule has 0 radical (unpaired) electrons. The highest BCUT2D eigenvalue weighted by molar-refractivity contribution is 6.32. The van der Waals surface area contributed by atoms with E-state index >= 15 is 0 Å². The highest BCUT2D eigenvalue weighted by atomic mass is 35.5. The van der Waals surface area contributed by atoms with Crippen LogP contribution in [0.25, 0.3) is 6.08 Å². The smallest absolute Gasteiger partial charge is 0.248 e. The minimum absolute atomic E-state index is 0.242. The van der Waals surface area contributed by atoms with Gasteiger partial charge in [-0.25, -0.2) is 0 Å². The highest BCUT2D eigenvalue weighted by Crippen LogP contribution is 2.36. The van der Waals surface area contributed by atoms with Gasteiger partial charge in [-0.3, -0.25) is 9.59 Å². The Balaban J connectivity index is 2.16. The van der Waals surface area contributed by atoms with E-state index in [0.29, 0.717) is 45.8 Å². The fourth-order valence-electron chi connectivity index (χ4n) is 2.57. The van der Waals surface area contributed by atoms with Gasteiger partial charge >= 0.3 is 0 Å². The Morgan fingerprint density at radius 1 is 1.07 bits per heavy atom. The molecule has 0 aliphatic heterocycles. The quantitative estimate of drug-likeness (QED) is 0.622. The van der Waals surface area contributed by atoms with Crippen molar-refractivity contribution >= 4 is 40.9 Å². The molecule has 29 heavy (non-hydrogen) atoms. The van der Waals surface area contributed by atoms with Gasteiger partial charge in [0.15, 0.2) is 11.5 Å². The molecule has 7 nitrogen and oxygen atoms in total. The van der Waals surface area contributed by atoms with Crippen LogP contribution < -0.4 is 24.8 Å². The van der Waals surface area contributed by atoms with Crippen LogP contribution in [0.15, 0.2) is 36.4 Å². The van der Waals surface area contributed by atoms with Crippen LogP contribution in [0.1, 0.15) is 19.4 Å². The molecule has 0 aliphatic carbocycles. The van der Waals surface area contributed by atoms with Crippen molar-refractivity contribution in [1.82, 2.24) is 0 Å². The molecule has 0 saturated heterocycles. The topological polar surface area (TPSA) is 85.9 Å². The lowest BCUT2D eigenvalue weighted by molar-refractivity contribution is -0.114. The van der Waals surface area contributed by atoms with Gasteiger partial charge < -0.3 is 24.8 Å². The fraction of sp³-hybridized carbons (Fsp3) is 0.238. The first-order chi connectivity index (χ1) is 13.9. The summed E-state index contributed by atoms with van der Waals surface area (Å²) in [5.74, 6) is 0.837. The zero-order valence-electron chi connectivity index (χ0n) is 16.7. The number of benzene rings is 2. The van der Waals surface area contributed by atoms with Crippen LogP contribution in [-0.2, 0) is 9.59 Å². The van der Waals surface area contributed by atoms with Crippen LogP contribution in [0.4, 0.5) is 11.4 Å². The maximum absolute atomic E-state index is 12.3. The second-order valence-corrected chi connectivity index (χ2v) is 6.29. The standard InChI is InChI=1S/C21H23ClN2O5/c1-5-29-19-11-14(10-16(22)21(19)28-4)6-9-20(26)24-15-7-8-18(27-3)17(12-15)23-13(2)25/h6-12H,5H2,1-4H3,(H,23,25)(H,24,26)/b9-6+. The molecule has 2 rings (SSSR count). The normalized spacial score (nSPS) is 10.5. The molecule has 0 atom stereocenters.